The van der Waals surface area contributed by atoms with Crippen LogP contribution in [0, 0.1) is 0 Å². The van der Waals surface area contributed by atoms with Gasteiger partial charge in [-0.2, -0.15) is 0 Å². The van der Waals surface area contributed by atoms with Crippen LogP contribution in [0.1, 0.15) is 42.8 Å². The van der Waals surface area contributed by atoms with E-state index in [1.165, 1.54) is 16.9 Å². The fourth-order valence-electron chi connectivity index (χ4n) is 3.13. The Morgan fingerprint density at radius 2 is 1.96 bits per heavy atom. The fourth-order valence-corrected chi connectivity index (χ4v) is 3.96. The quantitative estimate of drug-likeness (QED) is 0.751. The number of benzene rings is 1. The Labute approximate surface area is 162 Å². The van der Waals surface area contributed by atoms with Crippen molar-refractivity contribution in [3.8, 4) is 0 Å². The van der Waals surface area contributed by atoms with Crippen LogP contribution in [0.4, 0.5) is 4.79 Å². The van der Waals surface area contributed by atoms with Crippen molar-refractivity contribution in [1.82, 2.24) is 15.5 Å². The summed E-state index contributed by atoms with van der Waals surface area (Å²) in [6, 6.07) is 10.9. The topological polar surface area (TPSA) is 78.5 Å². The molecule has 2 unspecified atom stereocenters. The van der Waals surface area contributed by atoms with Gasteiger partial charge >= 0.3 is 6.03 Å². The number of hydrogen-bond acceptors (Lipinski definition) is 4. The zero-order chi connectivity index (χ0) is 19.6. The second-order valence-electron chi connectivity index (χ2n) is 6.81. The summed E-state index contributed by atoms with van der Waals surface area (Å²) in [5.74, 6) is -0.786. The smallest absolute Gasteiger partial charge is 0.325 e. The van der Waals surface area contributed by atoms with E-state index in [4.69, 9.17) is 0 Å². The van der Waals surface area contributed by atoms with Crippen LogP contribution in [0.2, 0.25) is 0 Å². The number of rotatable bonds is 6. The van der Waals surface area contributed by atoms with Crippen LogP contribution < -0.4 is 10.6 Å². The largest absolute Gasteiger partial charge is 0.348 e. The molecule has 1 aliphatic rings. The molecule has 2 atom stereocenters. The minimum atomic E-state index is -1.12. The number of urea groups is 1. The van der Waals surface area contributed by atoms with Crippen LogP contribution in [0.15, 0.2) is 41.8 Å². The summed E-state index contributed by atoms with van der Waals surface area (Å²) in [7, 11) is 0. The Balaban J connectivity index is 1.65. The molecular weight excluding hydrogens is 362 g/mol. The molecule has 1 fully saturated rings. The van der Waals surface area contributed by atoms with Crippen LogP contribution >= 0.6 is 11.3 Å². The standard InChI is InChI=1S/C20H23N3O3S/c1-4-14-7-9-15(10-8-14)13(2)21-17(24)12-23-18(25)20(3,22-19(23)26)16-6-5-11-27-16/h5-11,13H,4,12H2,1-3H3,(H,21,24)(H,22,26). The van der Waals surface area contributed by atoms with Gasteiger partial charge in [-0.1, -0.05) is 37.3 Å². The highest BCUT2D eigenvalue weighted by Crippen LogP contribution is 2.31. The Morgan fingerprint density at radius 3 is 2.56 bits per heavy atom. The van der Waals surface area contributed by atoms with Crippen molar-refractivity contribution in [1.29, 1.82) is 0 Å². The first-order chi connectivity index (χ1) is 12.8. The molecule has 6 nitrogen and oxygen atoms in total. The SMILES string of the molecule is CCc1ccc(C(C)NC(=O)CN2C(=O)NC(C)(c3cccs3)C2=O)cc1. The van der Waals surface area contributed by atoms with E-state index in [1.807, 2.05) is 42.6 Å². The summed E-state index contributed by atoms with van der Waals surface area (Å²) in [5, 5.41) is 7.41. The zero-order valence-corrected chi connectivity index (χ0v) is 16.4. The number of imide groups is 1. The molecule has 2 heterocycles. The van der Waals surface area contributed by atoms with Crippen LogP contribution in [-0.4, -0.2) is 29.3 Å². The Kier molecular flexibility index (Phi) is 5.32. The van der Waals surface area contributed by atoms with Gasteiger partial charge in [0.2, 0.25) is 5.91 Å². The van der Waals surface area contributed by atoms with Crippen LogP contribution in [0.5, 0.6) is 0 Å². The molecule has 1 aromatic heterocycles. The van der Waals surface area contributed by atoms with E-state index in [9.17, 15) is 14.4 Å². The molecule has 2 N–H and O–H groups in total. The second kappa shape index (κ2) is 7.52. The lowest BCUT2D eigenvalue weighted by Crippen LogP contribution is -2.43. The van der Waals surface area contributed by atoms with Gasteiger partial charge in [-0.15, -0.1) is 11.3 Å². The molecule has 0 bridgehead atoms. The van der Waals surface area contributed by atoms with Crippen LogP contribution in [-0.2, 0) is 21.5 Å². The van der Waals surface area contributed by atoms with Gasteiger partial charge in [0, 0.05) is 4.88 Å². The summed E-state index contributed by atoms with van der Waals surface area (Å²) in [5.41, 5.74) is 1.08. The Bertz CT molecular complexity index is 848. The van der Waals surface area contributed by atoms with Crippen molar-refractivity contribution in [2.45, 2.75) is 38.8 Å². The summed E-state index contributed by atoms with van der Waals surface area (Å²) in [6.07, 6.45) is 0.955. The second-order valence-corrected chi connectivity index (χ2v) is 7.76. The molecular formula is C20H23N3O3S. The van der Waals surface area contributed by atoms with Crippen LogP contribution in [0.25, 0.3) is 0 Å². The van der Waals surface area contributed by atoms with Gasteiger partial charge in [0.05, 0.1) is 6.04 Å². The van der Waals surface area contributed by atoms with Crippen molar-refractivity contribution in [2.75, 3.05) is 6.54 Å². The number of hydrogen-bond donors (Lipinski definition) is 2. The van der Waals surface area contributed by atoms with Crippen molar-refractivity contribution < 1.29 is 14.4 Å². The molecule has 1 aliphatic heterocycles. The molecule has 1 aromatic carbocycles. The van der Waals surface area contributed by atoms with E-state index >= 15 is 0 Å². The van der Waals surface area contributed by atoms with Gasteiger partial charge < -0.3 is 10.6 Å². The molecule has 4 amide bonds. The molecule has 1 saturated heterocycles. The first kappa shape index (κ1) is 19.1. The van der Waals surface area contributed by atoms with Gasteiger partial charge in [0.25, 0.3) is 5.91 Å². The first-order valence-electron chi connectivity index (χ1n) is 8.91. The van der Waals surface area contributed by atoms with Crippen molar-refractivity contribution in [3.05, 3.63) is 57.8 Å². The third kappa shape index (κ3) is 3.73. The monoisotopic (exact) mass is 385 g/mol. The number of thiophene rings is 1. The highest BCUT2D eigenvalue weighted by molar-refractivity contribution is 7.10. The van der Waals surface area contributed by atoms with E-state index in [1.54, 1.807) is 13.0 Å². The lowest BCUT2D eigenvalue weighted by molar-refractivity contribution is -0.134. The number of amides is 4. The van der Waals surface area contributed by atoms with Gasteiger partial charge in [-0.25, -0.2) is 4.79 Å². The minimum Gasteiger partial charge on any atom is -0.348 e. The van der Waals surface area contributed by atoms with Crippen molar-refractivity contribution in [3.63, 3.8) is 0 Å². The third-order valence-corrected chi connectivity index (χ3v) is 5.95. The van der Waals surface area contributed by atoms with Crippen molar-refractivity contribution >= 4 is 29.2 Å². The predicted molar refractivity (Wildman–Crippen MR) is 104 cm³/mol. The maximum Gasteiger partial charge on any atom is 0.325 e. The number of carbonyl (C=O) groups is 3. The highest BCUT2D eigenvalue weighted by atomic mass is 32.1. The van der Waals surface area contributed by atoms with E-state index in [0.29, 0.717) is 0 Å². The summed E-state index contributed by atoms with van der Waals surface area (Å²) in [4.78, 5) is 39.2. The van der Waals surface area contributed by atoms with Crippen LogP contribution in [0.3, 0.4) is 0 Å². The maximum absolute atomic E-state index is 12.8. The Morgan fingerprint density at radius 1 is 1.26 bits per heavy atom. The minimum absolute atomic E-state index is 0.215. The lowest BCUT2D eigenvalue weighted by Gasteiger charge is -2.20. The number of nitrogens with one attached hydrogen (secondary N) is 2. The lowest BCUT2D eigenvalue weighted by atomic mass is 10.0. The van der Waals surface area contributed by atoms with E-state index in [-0.39, 0.29) is 18.5 Å². The molecule has 2 aromatic rings. The van der Waals surface area contributed by atoms with Gasteiger partial charge in [-0.3, -0.25) is 14.5 Å². The summed E-state index contributed by atoms with van der Waals surface area (Å²) < 4.78 is 0. The number of carbonyl (C=O) groups excluding carboxylic acids is 3. The number of nitrogens with zero attached hydrogens (tertiary/aromatic N) is 1. The summed E-state index contributed by atoms with van der Waals surface area (Å²) >= 11 is 1.39. The number of aryl methyl sites for hydroxylation is 1. The first-order valence-corrected chi connectivity index (χ1v) is 9.79. The molecule has 142 valence electrons. The fraction of sp³-hybridized carbons (Fsp3) is 0.350. The van der Waals surface area contributed by atoms with Gasteiger partial charge in [0.1, 0.15) is 6.54 Å². The van der Waals surface area contributed by atoms with Gasteiger partial charge in [-0.05, 0) is 42.8 Å². The third-order valence-electron chi connectivity index (χ3n) is 4.86. The molecule has 0 aliphatic carbocycles. The van der Waals surface area contributed by atoms with E-state index < -0.39 is 17.5 Å². The molecule has 0 radical (unpaired) electrons. The average Bonchev–Trinajstić information content (AvgIpc) is 3.26. The molecule has 3 rings (SSSR count). The van der Waals surface area contributed by atoms with E-state index in [0.717, 1.165) is 21.8 Å². The zero-order valence-electron chi connectivity index (χ0n) is 15.6. The molecule has 7 heteroatoms. The predicted octanol–water partition coefficient (Wildman–Crippen LogP) is 2.95. The Hall–Kier alpha value is -2.67. The normalized spacial score (nSPS) is 20.5. The van der Waals surface area contributed by atoms with Crippen molar-refractivity contribution in [2.24, 2.45) is 0 Å². The van der Waals surface area contributed by atoms with Gasteiger partial charge in [0.15, 0.2) is 5.54 Å². The summed E-state index contributed by atoms with van der Waals surface area (Å²) in [6.45, 7) is 5.32. The van der Waals surface area contributed by atoms with E-state index in [2.05, 4.69) is 17.6 Å². The molecule has 0 spiro atoms. The molecule has 0 saturated carbocycles. The maximum atomic E-state index is 12.8. The molecule has 27 heavy (non-hydrogen) atoms. The highest BCUT2D eigenvalue weighted by Gasteiger charge is 2.50. The average molecular weight is 385 g/mol.